The van der Waals surface area contributed by atoms with Gasteiger partial charge < -0.3 is 10.1 Å². The third-order valence-electron chi connectivity index (χ3n) is 3.93. The first kappa shape index (κ1) is 19.6. The summed E-state index contributed by atoms with van der Waals surface area (Å²) in [7, 11) is -2.58. The summed E-state index contributed by atoms with van der Waals surface area (Å²) < 4.78 is 31.9. The van der Waals surface area contributed by atoms with Gasteiger partial charge in [0, 0.05) is 25.2 Å². The van der Waals surface area contributed by atoms with E-state index in [9.17, 15) is 18.5 Å². The number of rotatable bonds is 4. The molecule has 2 atom stereocenters. The van der Waals surface area contributed by atoms with Gasteiger partial charge in [0.1, 0.15) is 5.75 Å². The van der Waals surface area contributed by atoms with Crippen LogP contribution < -0.4 is 10.1 Å². The van der Waals surface area contributed by atoms with Gasteiger partial charge in [0.15, 0.2) is 4.90 Å². The number of piperazine rings is 1. The molecule has 1 aromatic rings. The number of hydrogen-bond acceptors (Lipinski definition) is 6. The average Bonchev–Trinajstić information content (AvgIpc) is 2.49. The Hall–Kier alpha value is -1.42. The van der Waals surface area contributed by atoms with Crippen LogP contribution in [-0.2, 0) is 10.0 Å². The Labute approximate surface area is 141 Å². The number of benzene rings is 1. The Morgan fingerprint density at radius 2 is 2.04 bits per heavy atom. The SMILES string of the molecule is COc1ccc(S(=O)(=O)N2CCNC(C)C2C)c([N+](=O)[O-])c1.Cl. The Balaban J connectivity index is 0.00000264. The lowest BCUT2D eigenvalue weighted by Crippen LogP contribution is -2.57. The maximum atomic E-state index is 12.8. The molecule has 23 heavy (non-hydrogen) atoms. The summed E-state index contributed by atoms with van der Waals surface area (Å²) in [5.74, 6) is 0.243. The molecule has 0 radical (unpaired) electrons. The fraction of sp³-hybridized carbons (Fsp3) is 0.538. The molecule has 1 aliphatic rings. The van der Waals surface area contributed by atoms with Gasteiger partial charge >= 0.3 is 0 Å². The lowest BCUT2D eigenvalue weighted by Gasteiger charge is -2.37. The molecular weight excluding hydrogens is 346 g/mol. The van der Waals surface area contributed by atoms with Crippen LogP contribution in [-0.4, -0.2) is 49.9 Å². The highest BCUT2D eigenvalue weighted by atomic mass is 35.5. The van der Waals surface area contributed by atoms with Crippen molar-refractivity contribution in [2.24, 2.45) is 0 Å². The molecule has 1 fully saturated rings. The smallest absolute Gasteiger partial charge is 0.293 e. The van der Waals surface area contributed by atoms with Gasteiger partial charge in [-0.15, -0.1) is 12.4 Å². The van der Waals surface area contributed by atoms with Crippen molar-refractivity contribution in [1.29, 1.82) is 0 Å². The molecule has 2 unspecified atom stereocenters. The second-order valence-electron chi connectivity index (χ2n) is 5.19. The van der Waals surface area contributed by atoms with E-state index < -0.39 is 20.6 Å². The van der Waals surface area contributed by atoms with Crippen molar-refractivity contribution in [3.05, 3.63) is 28.3 Å². The maximum Gasteiger partial charge on any atom is 0.293 e. The summed E-state index contributed by atoms with van der Waals surface area (Å²) in [5, 5.41) is 14.4. The van der Waals surface area contributed by atoms with Gasteiger partial charge in [-0.05, 0) is 26.0 Å². The monoisotopic (exact) mass is 365 g/mol. The van der Waals surface area contributed by atoms with Gasteiger partial charge in [0.2, 0.25) is 10.0 Å². The minimum Gasteiger partial charge on any atom is -0.497 e. The van der Waals surface area contributed by atoms with Gasteiger partial charge in [-0.3, -0.25) is 10.1 Å². The zero-order chi connectivity index (χ0) is 16.5. The Bertz CT molecular complexity index is 682. The van der Waals surface area contributed by atoms with E-state index in [-0.39, 0.29) is 41.7 Å². The maximum absolute atomic E-state index is 12.8. The quantitative estimate of drug-likeness (QED) is 0.639. The van der Waals surface area contributed by atoms with E-state index >= 15 is 0 Å². The molecule has 1 saturated heterocycles. The predicted molar refractivity (Wildman–Crippen MR) is 87.7 cm³/mol. The Kier molecular flexibility index (Phi) is 6.34. The van der Waals surface area contributed by atoms with E-state index in [1.807, 2.05) is 6.92 Å². The summed E-state index contributed by atoms with van der Waals surface area (Å²) in [5.41, 5.74) is -0.474. The summed E-state index contributed by atoms with van der Waals surface area (Å²) in [6.45, 7) is 4.45. The van der Waals surface area contributed by atoms with E-state index in [0.29, 0.717) is 6.54 Å². The molecule has 0 aliphatic carbocycles. The molecule has 2 rings (SSSR count). The number of nitrogens with zero attached hydrogens (tertiary/aromatic N) is 2. The second-order valence-corrected chi connectivity index (χ2v) is 7.05. The van der Waals surface area contributed by atoms with Crippen LogP contribution in [0.1, 0.15) is 13.8 Å². The van der Waals surface area contributed by atoms with Gasteiger partial charge in [0.25, 0.3) is 5.69 Å². The fourth-order valence-corrected chi connectivity index (χ4v) is 4.32. The highest BCUT2D eigenvalue weighted by Gasteiger charge is 2.38. The van der Waals surface area contributed by atoms with Crippen molar-refractivity contribution in [3.8, 4) is 5.75 Å². The van der Waals surface area contributed by atoms with E-state index in [2.05, 4.69) is 5.32 Å². The number of nitro groups is 1. The van der Waals surface area contributed by atoms with Gasteiger partial charge in [-0.2, -0.15) is 4.31 Å². The van der Waals surface area contributed by atoms with Crippen molar-refractivity contribution < 1.29 is 18.1 Å². The largest absolute Gasteiger partial charge is 0.497 e. The molecular formula is C13H20ClN3O5S. The molecule has 130 valence electrons. The summed E-state index contributed by atoms with van der Waals surface area (Å²) in [6, 6.07) is 3.45. The van der Waals surface area contributed by atoms with Crippen molar-refractivity contribution in [1.82, 2.24) is 9.62 Å². The fourth-order valence-electron chi connectivity index (χ4n) is 2.48. The molecule has 8 nitrogen and oxygen atoms in total. The van der Waals surface area contributed by atoms with Crippen LogP contribution in [0.5, 0.6) is 5.75 Å². The predicted octanol–water partition coefficient (Wildman–Crippen LogP) is 1.40. The van der Waals surface area contributed by atoms with E-state index in [0.717, 1.165) is 6.07 Å². The third kappa shape index (κ3) is 3.74. The number of ether oxygens (including phenoxy) is 1. The first-order valence-corrected chi connectivity index (χ1v) is 8.30. The molecule has 0 aromatic heterocycles. The first-order chi connectivity index (χ1) is 10.3. The standard InChI is InChI=1S/C13H19N3O5S.ClH/c1-9-10(2)15(7-6-14-9)22(19,20)13-5-4-11(21-3)8-12(13)16(17)18;/h4-5,8-10,14H,6-7H2,1-3H3;1H. The van der Waals surface area contributed by atoms with Crippen molar-refractivity contribution in [2.45, 2.75) is 30.8 Å². The number of halogens is 1. The summed E-state index contributed by atoms with van der Waals surface area (Å²) in [4.78, 5) is 10.2. The Morgan fingerprint density at radius 1 is 1.39 bits per heavy atom. The van der Waals surface area contributed by atoms with Crippen molar-refractivity contribution in [2.75, 3.05) is 20.2 Å². The van der Waals surface area contributed by atoms with E-state index in [1.54, 1.807) is 6.92 Å². The average molecular weight is 366 g/mol. The van der Waals surface area contributed by atoms with Crippen molar-refractivity contribution >= 4 is 28.1 Å². The highest BCUT2D eigenvalue weighted by molar-refractivity contribution is 7.89. The highest BCUT2D eigenvalue weighted by Crippen LogP contribution is 2.32. The third-order valence-corrected chi connectivity index (χ3v) is 5.96. The normalized spacial score (nSPS) is 22.2. The second kappa shape index (κ2) is 7.43. The Morgan fingerprint density at radius 3 is 2.61 bits per heavy atom. The van der Waals surface area contributed by atoms with Gasteiger partial charge in [0.05, 0.1) is 18.1 Å². The zero-order valence-electron chi connectivity index (χ0n) is 13.1. The van der Waals surface area contributed by atoms with Crippen LogP contribution in [0.25, 0.3) is 0 Å². The molecule has 0 spiro atoms. The minimum absolute atomic E-state index is 0. The molecule has 0 amide bonds. The van der Waals surface area contributed by atoms with Crippen LogP contribution in [0.4, 0.5) is 5.69 Å². The lowest BCUT2D eigenvalue weighted by atomic mass is 10.1. The van der Waals surface area contributed by atoms with E-state index in [1.165, 1.54) is 23.5 Å². The topological polar surface area (TPSA) is 102 Å². The number of nitro benzene ring substituents is 1. The molecule has 1 aliphatic heterocycles. The molecule has 1 N–H and O–H groups in total. The van der Waals surface area contributed by atoms with Crippen LogP contribution in [0.2, 0.25) is 0 Å². The van der Waals surface area contributed by atoms with Crippen LogP contribution in [0.3, 0.4) is 0 Å². The zero-order valence-corrected chi connectivity index (χ0v) is 14.7. The van der Waals surface area contributed by atoms with Crippen LogP contribution in [0.15, 0.2) is 23.1 Å². The van der Waals surface area contributed by atoms with Crippen molar-refractivity contribution in [3.63, 3.8) is 0 Å². The number of nitrogens with one attached hydrogen (secondary N) is 1. The molecule has 1 heterocycles. The minimum atomic E-state index is -3.95. The summed E-state index contributed by atoms with van der Waals surface area (Å²) >= 11 is 0. The van der Waals surface area contributed by atoms with Gasteiger partial charge in [-0.25, -0.2) is 8.42 Å². The number of sulfonamides is 1. The van der Waals surface area contributed by atoms with Crippen LogP contribution in [0, 0.1) is 10.1 Å². The number of methoxy groups -OCH3 is 1. The van der Waals surface area contributed by atoms with Gasteiger partial charge in [-0.1, -0.05) is 0 Å². The number of hydrogen-bond donors (Lipinski definition) is 1. The lowest BCUT2D eigenvalue weighted by molar-refractivity contribution is -0.387. The molecule has 1 aromatic carbocycles. The van der Waals surface area contributed by atoms with E-state index in [4.69, 9.17) is 4.74 Å². The first-order valence-electron chi connectivity index (χ1n) is 6.86. The summed E-state index contributed by atoms with van der Waals surface area (Å²) in [6.07, 6.45) is 0. The van der Waals surface area contributed by atoms with Crippen LogP contribution >= 0.6 is 12.4 Å². The molecule has 0 saturated carbocycles. The molecule has 10 heteroatoms. The molecule has 0 bridgehead atoms.